The third-order valence-electron chi connectivity index (χ3n) is 4.15. The molecule has 0 aromatic rings. The molecule has 2 atom stereocenters. The number of hydrogen-bond donors (Lipinski definition) is 0. The molecule has 0 heterocycles. The second-order valence-electron chi connectivity index (χ2n) is 6.70. The summed E-state index contributed by atoms with van der Waals surface area (Å²) in [5.41, 5.74) is 2.52. The van der Waals surface area contributed by atoms with E-state index < -0.39 is 0 Å². The fourth-order valence-corrected chi connectivity index (χ4v) is 2.16. The van der Waals surface area contributed by atoms with E-state index in [1.165, 1.54) is 6.08 Å². The van der Waals surface area contributed by atoms with Crippen LogP contribution >= 0.6 is 0 Å². The molecule has 0 saturated heterocycles. The van der Waals surface area contributed by atoms with Crippen LogP contribution in [-0.2, 0) is 0 Å². The molecule has 0 amide bonds. The Kier molecular flexibility index (Phi) is 10.7. The summed E-state index contributed by atoms with van der Waals surface area (Å²) in [7, 11) is 0. The summed E-state index contributed by atoms with van der Waals surface area (Å²) in [6.45, 7) is 25.4. The molecule has 132 valence electrons. The SMILES string of the molecule is C=CCCC(C)CCC(C)C(=C)/C=C(/F)C(=C)C(=C)/C=C\C(=C)C. The Labute approximate surface area is 148 Å². The summed E-state index contributed by atoms with van der Waals surface area (Å²) in [6.07, 6.45) is 11.3. The lowest BCUT2D eigenvalue weighted by Crippen LogP contribution is -2.02. The highest BCUT2D eigenvalue weighted by Gasteiger charge is 2.11. The van der Waals surface area contributed by atoms with Crippen LogP contribution in [0.4, 0.5) is 4.39 Å². The van der Waals surface area contributed by atoms with Gasteiger partial charge < -0.3 is 0 Å². The van der Waals surface area contributed by atoms with Crippen molar-refractivity contribution in [2.75, 3.05) is 0 Å². The molecule has 0 saturated carbocycles. The first-order chi connectivity index (χ1) is 11.2. The van der Waals surface area contributed by atoms with Crippen molar-refractivity contribution in [1.29, 1.82) is 0 Å². The summed E-state index contributed by atoms with van der Waals surface area (Å²) >= 11 is 0. The Morgan fingerprint density at radius 1 is 1.00 bits per heavy atom. The molecule has 0 aromatic carbocycles. The molecule has 1 heteroatoms. The van der Waals surface area contributed by atoms with E-state index in [0.29, 0.717) is 17.1 Å². The van der Waals surface area contributed by atoms with E-state index in [4.69, 9.17) is 0 Å². The van der Waals surface area contributed by atoms with Crippen LogP contribution in [0.15, 0.2) is 85.3 Å². The predicted octanol–water partition coefficient (Wildman–Crippen LogP) is 7.66. The minimum atomic E-state index is -0.372. The van der Waals surface area contributed by atoms with Crippen LogP contribution in [-0.4, -0.2) is 0 Å². The highest BCUT2D eigenvalue weighted by atomic mass is 19.1. The van der Waals surface area contributed by atoms with Gasteiger partial charge in [-0.1, -0.05) is 70.4 Å². The highest BCUT2D eigenvalue weighted by Crippen LogP contribution is 2.26. The third kappa shape index (κ3) is 9.29. The Balaban J connectivity index is 4.61. The number of allylic oxidation sites excluding steroid dienone is 9. The van der Waals surface area contributed by atoms with Crippen LogP contribution in [0.1, 0.15) is 46.5 Å². The standard InChI is InChI=1S/C23H33F/c1-9-10-11-18(4)13-15-19(5)21(7)16-23(24)22(8)20(6)14-12-17(2)3/h9,12,14,16,18-19H,1-2,6-8,10-11,13,15H2,3-5H3/b14-12-,23-16+. The van der Waals surface area contributed by atoms with Gasteiger partial charge in [0.1, 0.15) is 5.83 Å². The molecule has 0 rings (SSSR count). The van der Waals surface area contributed by atoms with E-state index in [1.54, 1.807) is 12.2 Å². The summed E-state index contributed by atoms with van der Waals surface area (Å²) in [5, 5.41) is 0. The van der Waals surface area contributed by atoms with Gasteiger partial charge >= 0.3 is 0 Å². The quantitative estimate of drug-likeness (QED) is 0.255. The van der Waals surface area contributed by atoms with Crippen molar-refractivity contribution in [2.45, 2.75) is 46.5 Å². The van der Waals surface area contributed by atoms with Gasteiger partial charge in [0.15, 0.2) is 0 Å². The van der Waals surface area contributed by atoms with Crippen LogP contribution in [0.5, 0.6) is 0 Å². The van der Waals surface area contributed by atoms with Gasteiger partial charge in [-0.3, -0.25) is 0 Å². The lowest BCUT2D eigenvalue weighted by atomic mass is 9.90. The molecule has 0 aliphatic carbocycles. The van der Waals surface area contributed by atoms with Crippen LogP contribution in [0.2, 0.25) is 0 Å². The van der Waals surface area contributed by atoms with Crippen LogP contribution in [0, 0.1) is 11.8 Å². The van der Waals surface area contributed by atoms with E-state index in [1.807, 2.05) is 13.0 Å². The van der Waals surface area contributed by atoms with Crippen molar-refractivity contribution >= 4 is 0 Å². The molecule has 24 heavy (non-hydrogen) atoms. The molecule has 0 aromatic heterocycles. The number of halogens is 1. The fourth-order valence-electron chi connectivity index (χ4n) is 2.16. The van der Waals surface area contributed by atoms with Gasteiger partial charge in [-0.05, 0) is 55.2 Å². The summed E-state index contributed by atoms with van der Waals surface area (Å²) in [5.74, 6) is 0.519. The Morgan fingerprint density at radius 2 is 1.62 bits per heavy atom. The smallest absolute Gasteiger partial charge is 0.130 e. The minimum Gasteiger partial charge on any atom is -0.206 e. The molecule has 0 aliphatic heterocycles. The topological polar surface area (TPSA) is 0 Å². The number of hydrogen-bond acceptors (Lipinski definition) is 0. The first-order valence-electron chi connectivity index (χ1n) is 8.58. The van der Waals surface area contributed by atoms with Gasteiger partial charge in [0.2, 0.25) is 0 Å². The zero-order valence-electron chi connectivity index (χ0n) is 15.7. The van der Waals surface area contributed by atoms with Gasteiger partial charge in [-0.25, -0.2) is 4.39 Å². The van der Waals surface area contributed by atoms with Gasteiger partial charge in [0, 0.05) is 5.57 Å². The Hall–Kier alpha value is -1.89. The lowest BCUT2D eigenvalue weighted by Gasteiger charge is -2.16. The normalized spacial score (nSPS) is 14.2. The van der Waals surface area contributed by atoms with Gasteiger partial charge in [0.05, 0.1) is 0 Å². The third-order valence-corrected chi connectivity index (χ3v) is 4.15. The molecular weight excluding hydrogens is 295 g/mol. The van der Waals surface area contributed by atoms with Crippen molar-refractivity contribution in [3.63, 3.8) is 0 Å². The van der Waals surface area contributed by atoms with E-state index in [0.717, 1.165) is 36.8 Å². The van der Waals surface area contributed by atoms with Crippen molar-refractivity contribution in [3.8, 4) is 0 Å². The largest absolute Gasteiger partial charge is 0.206 e. The Morgan fingerprint density at radius 3 is 2.17 bits per heavy atom. The van der Waals surface area contributed by atoms with Crippen LogP contribution < -0.4 is 0 Å². The molecule has 0 radical (unpaired) electrons. The van der Waals surface area contributed by atoms with Crippen LogP contribution in [0.3, 0.4) is 0 Å². The van der Waals surface area contributed by atoms with Gasteiger partial charge in [-0.15, -0.1) is 6.58 Å². The zero-order valence-corrected chi connectivity index (χ0v) is 15.7. The van der Waals surface area contributed by atoms with E-state index in [2.05, 4.69) is 46.7 Å². The molecule has 0 fully saturated rings. The second kappa shape index (κ2) is 11.6. The number of rotatable bonds is 12. The maximum absolute atomic E-state index is 14.3. The molecular formula is C23H33F. The summed E-state index contributed by atoms with van der Waals surface area (Å²) in [6, 6.07) is 0. The van der Waals surface area contributed by atoms with E-state index in [-0.39, 0.29) is 11.7 Å². The molecule has 0 bridgehead atoms. The van der Waals surface area contributed by atoms with Crippen molar-refractivity contribution in [2.24, 2.45) is 11.8 Å². The van der Waals surface area contributed by atoms with Crippen molar-refractivity contribution in [1.82, 2.24) is 0 Å². The lowest BCUT2D eigenvalue weighted by molar-refractivity contribution is 0.442. The van der Waals surface area contributed by atoms with Crippen molar-refractivity contribution in [3.05, 3.63) is 85.3 Å². The predicted molar refractivity (Wildman–Crippen MR) is 108 cm³/mol. The molecule has 0 aliphatic rings. The highest BCUT2D eigenvalue weighted by molar-refractivity contribution is 5.48. The summed E-state index contributed by atoms with van der Waals surface area (Å²) in [4.78, 5) is 0. The van der Waals surface area contributed by atoms with Crippen molar-refractivity contribution < 1.29 is 4.39 Å². The molecule has 0 spiro atoms. The maximum Gasteiger partial charge on any atom is 0.130 e. The molecule has 2 unspecified atom stereocenters. The first kappa shape index (κ1) is 22.1. The van der Waals surface area contributed by atoms with Gasteiger partial charge in [0.25, 0.3) is 0 Å². The van der Waals surface area contributed by atoms with Gasteiger partial charge in [-0.2, -0.15) is 0 Å². The van der Waals surface area contributed by atoms with Crippen LogP contribution in [0.25, 0.3) is 0 Å². The monoisotopic (exact) mass is 328 g/mol. The average molecular weight is 329 g/mol. The molecule has 0 N–H and O–H groups in total. The molecule has 0 nitrogen and oxygen atoms in total. The van der Waals surface area contributed by atoms with E-state index >= 15 is 0 Å². The summed E-state index contributed by atoms with van der Waals surface area (Å²) < 4.78 is 14.3. The maximum atomic E-state index is 14.3. The first-order valence-corrected chi connectivity index (χ1v) is 8.58. The minimum absolute atomic E-state index is 0.244. The zero-order chi connectivity index (χ0) is 18.7. The Bertz CT molecular complexity index is 542. The average Bonchev–Trinajstić information content (AvgIpc) is 2.54. The fraction of sp³-hybridized carbons (Fsp3) is 0.391. The van der Waals surface area contributed by atoms with E-state index in [9.17, 15) is 4.39 Å². The second-order valence-corrected chi connectivity index (χ2v) is 6.70.